The summed E-state index contributed by atoms with van der Waals surface area (Å²) in [6.45, 7) is 2.88. The average molecular weight is 327 g/mol. The average Bonchev–Trinajstić information content (AvgIpc) is 2.63. The molecule has 2 N–H and O–H groups in total. The molecule has 0 saturated carbocycles. The van der Waals surface area contributed by atoms with E-state index in [-0.39, 0.29) is 18.4 Å². The number of nitrogens with one attached hydrogen (secondary N) is 2. The number of pyridine rings is 1. The summed E-state index contributed by atoms with van der Waals surface area (Å²) in [6.07, 6.45) is 2.36. The third kappa shape index (κ3) is 5.72. The summed E-state index contributed by atoms with van der Waals surface area (Å²) in [5, 5.41) is 5.27. The Morgan fingerprint density at radius 2 is 1.92 bits per heavy atom. The predicted octanol–water partition coefficient (Wildman–Crippen LogP) is 1.92. The minimum atomic E-state index is -0.339. The SMILES string of the molecule is CCCNC(=O)CNC(=O)c1ccnc(OCc2ccccc2)c1. The number of amides is 2. The second kappa shape index (κ2) is 9.29. The first-order chi connectivity index (χ1) is 11.7. The monoisotopic (exact) mass is 327 g/mol. The third-order valence-corrected chi connectivity index (χ3v) is 3.21. The molecule has 126 valence electrons. The van der Waals surface area contributed by atoms with Crippen LogP contribution in [0, 0.1) is 0 Å². The Balaban J connectivity index is 1.87. The van der Waals surface area contributed by atoms with Crippen LogP contribution in [0.4, 0.5) is 0 Å². The third-order valence-electron chi connectivity index (χ3n) is 3.21. The van der Waals surface area contributed by atoms with E-state index in [1.807, 2.05) is 37.3 Å². The Morgan fingerprint density at radius 1 is 1.12 bits per heavy atom. The molecule has 0 aliphatic rings. The molecule has 0 atom stereocenters. The van der Waals surface area contributed by atoms with Gasteiger partial charge < -0.3 is 15.4 Å². The molecule has 1 aromatic carbocycles. The van der Waals surface area contributed by atoms with Crippen molar-refractivity contribution in [3.05, 3.63) is 59.8 Å². The highest BCUT2D eigenvalue weighted by Crippen LogP contribution is 2.11. The van der Waals surface area contributed by atoms with Crippen molar-refractivity contribution in [3.8, 4) is 5.88 Å². The van der Waals surface area contributed by atoms with Gasteiger partial charge in [0.25, 0.3) is 5.91 Å². The number of nitrogens with zero attached hydrogens (tertiary/aromatic N) is 1. The van der Waals surface area contributed by atoms with Gasteiger partial charge in [-0.3, -0.25) is 9.59 Å². The summed E-state index contributed by atoms with van der Waals surface area (Å²) >= 11 is 0. The van der Waals surface area contributed by atoms with Crippen LogP contribution < -0.4 is 15.4 Å². The van der Waals surface area contributed by atoms with E-state index in [0.29, 0.717) is 24.6 Å². The van der Waals surface area contributed by atoms with E-state index in [1.165, 1.54) is 6.20 Å². The van der Waals surface area contributed by atoms with Gasteiger partial charge in [-0.1, -0.05) is 37.3 Å². The van der Waals surface area contributed by atoms with Crippen LogP contribution in [0.1, 0.15) is 29.3 Å². The Labute approximate surface area is 141 Å². The quantitative estimate of drug-likeness (QED) is 0.776. The lowest BCUT2D eigenvalue weighted by molar-refractivity contribution is -0.120. The van der Waals surface area contributed by atoms with E-state index in [1.54, 1.807) is 12.1 Å². The van der Waals surface area contributed by atoms with E-state index in [4.69, 9.17) is 4.74 Å². The summed E-state index contributed by atoms with van der Waals surface area (Å²) in [5.74, 6) is -0.185. The van der Waals surface area contributed by atoms with Crippen molar-refractivity contribution in [1.29, 1.82) is 0 Å². The predicted molar refractivity (Wildman–Crippen MR) is 90.6 cm³/mol. The fourth-order valence-electron chi connectivity index (χ4n) is 1.95. The Hall–Kier alpha value is -2.89. The zero-order valence-electron chi connectivity index (χ0n) is 13.6. The van der Waals surface area contributed by atoms with Crippen molar-refractivity contribution in [3.63, 3.8) is 0 Å². The van der Waals surface area contributed by atoms with Crippen molar-refractivity contribution in [2.24, 2.45) is 0 Å². The fourth-order valence-corrected chi connectivity index (χ4v) is 1.95. The van der Waals surface area contributed by atoms with Crippen LogP contribution in [0.5, 0.6) is 5.88 Å². The molecular formula is C18H21N3O3. The molecule has 24 heavy (non-hydrogen) atoms. The van der Waals surface area contributed by atoms with Crippen LogP contribution in [-0.4, -0.2) is 29.9 Å². The van der Waals surface area contributed by atoms with Crippen LogP contribution >= 0.6 is 0 Å². The van der Waals surface area contributed by atoms with Gasteiger partial charge in [0.15, 0.2) is 0 Å². The van der Waals surface area contributed by atoms with Crippen LogP contribution in [0.3, 0.4) is 0 Å². The molecule has 0 radical (unpaired) electrons. The molecule has 2 rings (SSSR count). The van der Waals surface area contributed by atoms with E-state index in [9.17, 15) is 9.59 Å². The maximum Gasteiger partial charge on any atom is 0.251 e. The largest absolute Gasteiger partial charge is 0.473 e. The molecule has 0 spiro atoms. The highest BCUT2D eigenvalue weighted by atomic mass is 16.5. The molecule has 6 heteroatoms. The van der Waals surface area contributed by atoms with Crippen molar-refractivity contribution in [2.75, 3.05) is 13.1 Å². The highest BCUT2D eigenvalue weighted by Gasteiger charge is 2.09. The second-order valence-corrected chi connectivity index (χ2v) is 5.19. The number of carbonyl (C=O) groups is 2. The lowest BCUT2D eigenvalue weighted by Gasteiger charge is -2.08. The van der Waals surface area contributed by atoms with E-state index < -0.39 is 0 Å². The van der Waals surface area contributed by atoms with Crippen molar-refractivity contribution < 1.29 is 14.3 Å². The molecule has 1 aromatic heterocycles. The lowest BCUT2D eigenvalue weighted by Crippen LogP contribution is -2.37. The topological polar surface area (TPSA) is 80.3 Å². The maximum atomic E-state index is 12.1. The summed E-state index contributed by atoms with van der Waals surface area (Å²) in [6, 6.07) is 12.8. The van der Waals surface area contributed by atoms with Crippen LogP contribution in [-0.2, 0) is 11.4 Å². The Bertz CT molecular complexity index is 674. The summed E-state index contributed by atoms with van der Waals surface area (Å²) in [5.41, 5.74) is 1.41. The van der Waals surface area contributed by atoms with Gasteiger partial charge in [0.2, 0.25) is 11.8 Å². The van der Waals surface area contributed by atoms with Crippen molar-refractivity contribution in [1.82, 2.24) is 15.6 Å². The molecule has 0 unspecified atom stereocenters. The van der Waals surface area contributed by atoms with Crippen LogP contribution in [0.25, 0.3) is 0 Å². The van der Waals surface area contributed by atoms with Gasteiger partial charge in [0.1, 0.15) is 6.61 Å². The van der Waals surface area contributed by atoms with Crippen LogP contribution in [0.2, 0.25) is 0 Å². The minimum absolute atomic E-state index is 0.0542. The molecule has 6 nitrogen and oxygen atoms in total. The van der Waals surface area contributed by atoms with Gasteiger partial charge in [-0.15, -0.1) is 0 Å². The number of hydrogen-bond acceptors (Lipinski definition) is 4. The van der Waals surface area contributed by atoms with Gasteiger partial charge in [0, 0.05) is 24.4 Å². The standard InChI is InChI=1S/C18H21N3O3/c1-2-9-19-16(22)12-21-18(23)15-8-10-20-17(11-15)24-13-14-6-4-3-5-7-14/h3-8,10-11H,2,9,12-13H2,1H3,(H,19,22)(H,21,23). The smallest absolute Gasteiger partial charge is 0.251 e. The molecule has 0 saturated heterocycles. The summed E-state index contributed by atoms with van der Waals surface area (Å²) < 4.78 is 5.59. The molecule has 0 aliphatic heterocycles. The normalized spacial score (nSPS) is 10.0. The van der Waals surface area contributed by atoms with Crippen molar-refractivity contribution in [2.45, 2.75) is 20.0 Å². The molecule has 2 aromatic rings. The van der Waals surface area contributed by atoms with Gasteiger partial charge in [-0.2, -0.15) is 0 Å². The maximum absolute atomic E-state index is 12.1. The first-order valence-corrected chi connectivity index (χ1v) is 7.86. The first-order valence-electron chi connectivity index (χ1n) is 7.86. The van der Waals surface area contributed by atoms with Crippen molar-refractivity contribution >= 4 is 11.8 Å². The number of benzene rings is 1. The van der Waals surface area contributed by atoms with Gasteiger partial charge >= 0.3 is 0 Å². The summed E-state index contributed by atoms with van der Waals surface area (Å²) in [4.78, 5) is 27.7. The molecule has 0 bridgehead atoms. The zero-order valence-corrected chi connectivity index (χ0v) is 13.6. The molecule has 0 aliphatic carbocycles. The minimum Gasteiger partial charge on any atom is -0.473 e. The number of rotatable bonds is 8. The number of aromatic nitrogens is 1. The molecular weight excluding hydrogens is 306 g/mol. The zero-order chi connectivity index (χ0) is 17.2. The summed E-state index contributed by atoms with van der Waals surface area (Å²) in [7, 11) is 0. The number of carbonyl (C=O) groups excluding carboxylic acids is 2. The van der Waals surface area contributed by atoms with E-state index in [0.717, 1.165) is 12.0 Å². The fraction of sp³-hybridized carbons (Fsp3) is 0.278. The van der Waals surface area contributed by atoms with Gasteiger partial charge in [-0.25, -0.2) is 4.98 Å². The Morgan fingerprint density at radius 3 is 2.67 bits per heavy atom. The van der Waals surface area contributed by atoms with E-state index in [2.05, 4.69) is 15.6 Å². The highest BCUT2D eigenvalue weighted by molar-refractivity contribution is 5.96. The molecule has 2 amide bonds. The second-order valence-electron chi connectivity index (χ2n) is 5.19. The van der Waals surface area contributed by atoms with Gasteiger partial charge in [-0.05, 0) is 18.1 Å². The number of ether oxygens (including phenoxy) is 1. The number of hydrogen-bond donors (Lipinski definition) is 2. The molecule has 0 fully saturated rings. The van der Waals surface area contributed by atoms with Gasteiger partial charge in [0.05, 0.1) is 6.54 Å². The Kier molecular flexibility index (Phi) is 6.76. The molecule has 1 heterocycles. The first kappa shape index (κ1) is 17.5. The van der Waals surface area contributed by atoms with Crippen LogP contribution in [0.15, 0.2) is 48.7 Å². The lowest BCUT2D eigenvalue weighted by atomic mass is 10.2. The van der Waals surface area contributed by atoms with E-state index >= 15 is 0 Å².